The molecule has 19 heavy (non-hydrogen) atoms. The van der Waals surface area contributed by atoms with Crippen LogP contribution in [0.1, 0.15) is 29.4 Å². The molecule has 0 amide bonds. The van der Waals surface area contributed by atoms with Gasteiger partial charge >= 0.3 is 0 Å². The zero-order chi connectivity index (χ0) is 13.8. The number of benzene rings is 1. The Labute approximate surface area is 112 Å². The Balaban J connectivity index is 2.43. The van der Waals surface area contributed by atoms with Gasteiger partial charge in [0, 0.05) is 12.1 Å². The van der Waals surface area contributed by atoms with Gasteiger partial charge in [0.05, 0.1) is 11.7 Å². The second kappa shape index (κ2) is 5.56. The highest BCUT2D eigenvalue weighted by atomic mass is 16.4. The van der Waals surface area contributed by atoms with E-state index in [1.807, 2.05) is 54.9 Å². The lowest BCUT2D eigenvalue weighted by Gasteiger charge is -2.19. The minimum atomic E-state index is -0.0641. The van der Waals surface area contributed by atoms with E-state index in [1.54, 1.807) is 0 Å². The minimum Gasteiger partial charge on any atom is -0.409 e. The van der Waals surface area contributed by atoms with Gasteiger partial charge in [0.1, 0.15) is 5.84 Å². The molecule has 0 spiro atoms. The number of aryl methyl sites for hydroxylation is 2. The fourth-order valence-corrected chi connectivity index (χ4v) is 2.22. The number of nitrogens with zero attached hydrogens (tertiary/aromatic N) is 3. The molecule has 5 heteroatoms. The Hall–Kier alpha value is -2.30. The smallest absolute Gasteiger partial charge is 0.141 e. The average Bonchev–Trinajstić information content (AvgIpc) is 2.75. The first-order valence-corrected chi connectivity index (χ1v) is 6.16. The summed E-state index contributed by atoms with van der Waals surface area (Å²) >= 11 is 0. The molecular weight excluding hydrogens is 240 g/mol. The van der Waals surface area contributed by atoms with Crippen LogP contribution in [-0.4, -0.2) is 20.8 Å². The van der Waals surface area contributed by atoms with Gasteiger partial charge in [-0.1, -0.05) is 35.5 Å². The molecule has 5 nitrogen and oxygen atoms in total. The predicted molar refractivity (Wildman–Crippen MR) is 74.3 cm³/mol. The SMILES string of the molecule is Cc1cc(C)n(C(CC(N)=NO)c2ccccc2)n1. The molecule has 0 aliphatic heterocycles. The van der Waals surface area contributed by atoms with Crippen molar-refractivity contribution in [1.82, 2.24) is 9.78 Å². The van der Waals surface area contributed by atoms with E-state index < -0.39 is 0 Å². The first-order chi connectivity index (χ1) is 9.11. The van der Waals surface area contributed by atoms with Gasteiger partial charge in [-0.15, -0.1) is 0 Å². The Morgan fingerprint density at radius 2 is 2.05 bits per heavy atom. The van der Waals surface area contributed by atoms with Crippen molar-refractivity contribution in [3.63, 3.8) is 0 Å². The third-order valence-electron chi connectivity index (χ3n) is 3.06. The van der Waals surface area contributed by atoms with Crippen LogP contribution < -0.4 is 5.73 Å². The van der Waals surface area contributed by atoms with Gasteiger partial charge in [-0.05, 0) is 25.5 Å². The first kappa shape index (κ1) is 13.1. The van der Waals surface area contributed by atoms with Crippen molar-refractivity contribution in [2.24, 2.45) is 10.9 Å². The van der Waals surface area contributed by atoms with Crippen LogP contribution in [0.5, 0.6) is 0 Å². The van der Waals surface area contributed by atoms with Crippen molar-refractivity contribution >= 4 is 5.84 Å². The van der Waals surface area contributed by atoms with Crippen molar-refractivity contribution in [2.45, 2.75) is 26.3 Å². The molecule has 1 heterocycles. The van der Waals surface area contributed by atoms with E-state index in [2.05, 4.69) is 10.3 Å². The van der Waals surface area contributed by atoms with E-state index >= 15 is 0 Å². The van der Waals surface area contributed by atoms with Crippen molar-refractivity contribution in [3.05, 3.63) is 53.3 Å². The lowest BCUT2D eigenvalue weighted by Crippen LogP contribution is -2.22. The minimum absolute atomic E-state index is 0.0641. The third-order valence-corrected chi connectivity index (χ3v) is 3.06. The summed E-state index contributed by atoms with van der Waals surface area (Å²) in [6.07, 6.45) is 0.419. The van der Waals surface area contributed by atoms with E-state index in [0.29, 0.717) is 6.42 Å². The molecule has 0 saturated heterocycles. The molecule has 0 fully saturated rings. The Morgan fingerprint density at radius 1 is 1.37 bits per heavy atom. The summed E-state index contributed by atoms with van der Waals surface area (Å²) in [5.41, 5.74) is 8.76. The van der Waals surface area contributed by atoms with Crippen molar-refractivity contribution < 1.29 is 5.21 Å². The molecule has 0 saturated carbocycles. The third kappa shape index (κ3) is 2.93. The largest absolute Gasteiger partial charge is 0.409 e. The van der Waals surface area contributed by atoms with E-state index in [0.717, 1.165) is 17.0 Å². The van der Waals surface area contributed by atoms with E-state index in [1.165, 1.54) is 0 Å². The van der Waals surface area contributed by atoms with Crippen LogP contribution in [0.15, 0.2) is 41.6 Å². The molecular formula is C14H18N4O. The maximum atomic E-state index is 8.79. The number of hydrogen-bond acceptors (Lipinski definition) is 3. The molecule has 1 unspecified atom stereocenters. The average molecular weight is 258 g/mol. The van der Waals surface area contributed by atoms with Crippen LogP contribution in [0.2, 0.25) is 0 Å². The lowest BCUT2D eigenvalue weighted by molar-refractivity contribution is 0.315. The fraction of sp³-hybridized carbons (Fsp3) is 0.286. The van der Waals surface area contributed by atoms with Crippen molar-refractivity contribution in [2.75, 3.05) is 0 Å². The summed E-state index contributed by atoms with van der Waals surface area (Å²) in [6.45, 7) is 3.96. The van der Waals surface area contributed by atoms with Gasteiger partial charge in [-0.3, -0.25) is 4.68 Å². The Kier molecular flexibility index (Phi) is 3.85. The number of hydrogen-bond donors (Lipinski definition) is 2. The highest BCUT2D eigenvalue weighted by Crippen LogP contribution is 2.23. The summed E-state index contributed by atoms with van der Waals surface area (Å²) < 4.78 is 1.92. The molecule has 1 atom stereocenters. The maximum absolute atomic E-state index is 8.79. The summed E-state index contributed by atoms with van der Waals surface area (Å²) in [7, 11) is 0. The molecule has 1 aromatic carbocycles. The molecule has 3 N–H and O–H groups in total. The first-order valence-electron chi connectivity index (χ1n) is 6.16. The van der Waals surface area contributed by atoms with Gasteiger partial charge in [0.25, 0.3) is 0 Å². The number of oxime groups is 1. The van der Waals surface area contributed by atoms with E-state index in [9.17, 15) is 0 Å². The Morgan fingerprint density at radius 3 is 2.58 bits per heavy atom. The zero-order valence-corrected chi connectivity index (χ0v) is 11.1. The molecule has 0 aliphatic rings. The number of aromatic nitrogens is 2. The van der Waals surface area contributed by atoms with Crippen molar-refractivity contribution in [3.8, 4) is 0 Å². The summed E-state index contributed by atoms with van der Waals surface area (Å²) in [5, 5.41) is 16.4. The standard InChI is InChI=1S/C14H18N4O/c1-10-8-11(2)18(16-10)13(9-14(15)17-19)12-6-4-3-5-7-12/h3-8,13,19H,9H2,1-2H3,(H2,15,17). The summed E-state index contributed by atoms with van der Waals surface area (Å²) in [5.74, 6) is 0.196. The molecule has 100 valence electrons. The van der Waals surface area contributed by atoms with Gasteiger partial charge in [-0.25, -0.2) is 0 Å². The number of amidine groups is 1. The van der Waals surface area contributed by atoms with Gasteiger partial charge in [0.15, 0.2) is 0 Å². The Bertz CT molecular complexity index is 574. The van der Waals surface area contributed by atoms with Crippen LogP contribution >= 0.6 is 0 Å². The number of nitrogens with two attached hydrogens (primary N) is 1. The highest BCUT2D eigenvalue weighted by Gasteiger charge is 2.18. The molecule has 1 aromatic heterocycles. The summed E-state index contributed by atoms with van der Waals surface area (Å²) in [6, 6.07) is 11.9. The highest BCUT2D eigenvalue weighted by molar-refractivity contribution is 5.80. The van der Waals surface area contributed by atoms with Crippen LogP contribution in [0.25, 0.3) is 0 Å². The quantitative estimate of drug-likeness (QED) is 0.382. The molecule has 0 bridgehead atoms. The van der Waals surface area contributed by atoms with Gasteiger partial charge < -0.3 is 10.9 Å². The monoisotopic (exact) mass is 258 g/mol. The van der Waals surface area contributed by atoms with Crippen LogP contribution in [-0.2, 0) is 0 Å². The predicted octanol–water partition coefficient (Wildman–Crippen LogP) is 2.23. The summed E-state index contributed by atoms with van der Waals surface area (Å²) in [4.78, 5) is 0. The second-order valence-corrected chi connectivity index (χ2v) is 4.59. The van der Waals surface area contributed by atoms with Gasteiger partial charge in [0.2, 0.25) is 0 Å². The maximum Gasteiger partial charge on any atom is 0.141 e. The molecule has 0 radical (unpaired) electrons. The van der Waals surface area contributed by atoms with Crippen LogP contribution in [0.3, 0.4) is 0 Å². The normalized spacial score (nSPS) is 13.5. The second-order valence-electron chi connectivity index (χ2n) is 4.59. The lowest BCUT2D eigenvalue weighted by atomic mass is 10.0. The van der Waals surface area contributed by atoms with E-state index in [4.69, 9.17) is 10.9 Å². The molecule has 0 aliphatic carbocycles. The van der Waals surface area contributed by atoms with Crippen LogP contribution in [0, 0.1) is 13.8 Å². The molecule has 2 aromatic rings. The van der Waals surface area contributed by atoms with Gasteiger partial charge in [-0.2, -0.15) is 5.10 Å². The van der Waals surface area contributed by atoms with Crippen LogP contribution in [0.4, 0.5) is 0 Å². The zero-order valence-electron chi connectivity index (χ0n) is 11.1. The topological polar surface area (TPSA) is 76.4 Å². The number of rotatable bonds is 4. The molecule has 2 rings (SSSR count). The van der Waals surface area contributed by atoms with E-state index in [-0.39, 0.29) is 11.9 Å². The fourth-order valence-electron chi connectivity index (χ4n) is 2.22. The van der Waals surface area contributed by atoms with Crippen molar-refractivity contribution in [1.29, 1.82) is 0 Å².